The number of hydrogen-bond acceptors (Lipinski definition) is 3. The summed E-state index contributed by atoms with van der Waals surface area (Å²) in [5, 5.41) is 0. The summed E-state index contributed by atoms with van der Waals surface area (Å²) in [7, 11) is 0. The second kappa shape index (κ2) is 2.40. The van der Waals surface area contributed by atoms with Crippen LogP contribution in [-0.2, 0) is 9.47 Å². The highest BCUT2D eigenvalue weighted by Crippen LogP contribution is 2.20. The molecule has 3 atom stereocenters. The Morgan fingerprint density at radius 3 is 2.40 bits per heavy atom. The third-order valence-corrected chi connectivity index (χ3v) is 1.15. The average Bonchev–Trinajstić information content (AvgIpc) is 2.10. The van der Waals surface area contributed by atoms with Crippen molar-refractivity contribution in [3.8, 4) is 0 Å². The van der Waals surface area contributed by atoms with E-state index >= 15 is 0 Å². The van der Waals surface area contributed by atoms with Crippen LogP contribution in [0.25, 0.3) is 0 Å². The van der Waals surface area contributed by atoms with Crippen LogP contribution in [0.4, 0.5) is 13.6 Å². The van der Waals surface area contributed by atoms with Crippen LogP contribution < -0.4 is 0 Å². The SMILES string of the molecule is CC(F)C1OC(=O)OC1F. The van der Waals surface area contributed by atoms with E-state index in [0.29, 0.717) is 0 Å². The van der Waals surface area contributed by atoms with E-state index in [1.807, 2.05) is 0 Å². The normalized spacial score (nSPS) is 34.9. The fourth-order valence-corrected chi connectivity index (χ4v) is 0.654. The van der Waals surface area contributed by atoms with Crippen molar-refractivity contribution in [2.24, 2.45) is 0 Å². The summed E-state index contributed by atoms with van der Waals surface area (Å²) >= 11 is 0. The van der Waals surface area contributed by atoms with Crippen LogP contribution in [0.3, 0.4) is 0 Å². The largest absolute Gasteiger partial charge is 0.511 e. The topological polar surface area (TPSA) is 35.5 Å². The predicted octanol–water partition coefficient (Wildman–Crippen LogP) is 1.18. The molecule has 0 aliphatic carbocycles. The lowest BCUT2D eigenvalue weighted by molar-refractivity contribution is 0.000767. The van der Waals surface area contributed by atoms with E-state index in [1.54, 1.807) is 0 Å². The van der Waals surface area contributed by atoms with E-state index in [1.165, 1.54) is 0 Å². The molecule has 0 amide bonds. The molecule has 1 fully saturated rings. The summed E-state index contributed by atoms with van der Waals surface area (Å²) in [5.41, 5.74) is 0. The molecule has 1 aliphatic rings. The second-order valence-electron chi connectivity index (χ2n) is 1.98. The zero-order valence-electron chi connectivity index (χ0n) is 5.21. The van der Waals surface area contributed by atoms with Gasteiger partial charge in [0.2, 0.25) is 6.10 Å². The molecule has 3 nitrogen and oxygen atoms in total. The van der Waals surface area contributed by atoms with Crippen molar-refractivity contribution in [2.45, 2.75) is 25.6 Å². The summed E-state index contributed by atoms with van der Waals surface area (Å²) in [6.45, 7) is 1.10. The molecule has 0 aromatic carbocycles. The number of halogens is 2. The molecule has 5 heteroatoms. The van der Waals surface area contributed by atoms with Gasteiger partial charge >= 0.3 is 6.16 Å². The minimum Gasteiger partial charge on any atom is -0.421 e. The summed E-state index contributed by atoms with van der Waals surface area (Å²) in [5.74, 6) is 0. The quantitative estimate of drug-likeness (QED) is 0.529. The number of hydrogen-bond donors (Lipinski definition) is 0. The monoisotopic (exact) mass is 152 g/mol. The first-order chi connectivity index (χ1) is 4.61. The number of carbonyl (C=O) groups excluding carboxylic acids is 1. The smallest absolute Gasteiger partial charge is 0.421 e. The lowest BCUT2D eigenvalue weighted by Gasteiger charge is -2.07. The first kappa shape index (κ1) is 7.24. The van der Waals surface area contributed by atoms with E-state index in [2.05, 4.69) is 9.47 Å². The van der Waals surface area contributed by atoms with Crippen LogP contribution in [0.15, 0.2) is 0 Å². The molecule has 1 heterocycles. The van der Waals surface area contributed by atoms with Crippen LogP contribution in [0.1, 0.15) is 6.92 Å². The van der Waals surface area contributed by atoms with Crippen molar-refractivity contribution in [1.29, 1.82) is 0 Å². The fraction of sp³-hybridized carbons (Fsp3) is 0.800. The molecule has 0 spiro atoms. The lowest BCUT2D eigenvalue weighted by Crippen LogP contribution is -2.26. The average molecular weight is 152 g/mol. The van der Waals surface area contributed by atoms with E-state index in [0.717, 1.165) is 6.92 Å². The molecule has 1 aliphatic heterocycles. The first-order valence-electron chi connectivity index (χ1n) is 2.76. The Hall–Kier alpha value is -0.870. The molecule has 0 N–H and O–H groups in total. The van der Waals surface area contributed by atoms with E-state index in [4.69, 9.17) is 0 Å². The molecule has 58 valence electrons. The lowest BCUT2D eigenvalue weighted by atomic mass is 10.2. The van der Waals surface area contributed by atoms with Crippen LogP contribution in [0, 0.1) is 0 Å². The van der Waals surface area contributed by atoms with Crippen molar-refractivity contribution >= 4 is 6.16 Å². The maximum Gasteiger partial charge on any atom is 0.511 e. The molecule has 0 saturated carbocycles. The molecule has 0 aromatic rings. The number of rotatable bonds is 1. The highest BCUT2D eigenvalue weighted by atomic mass is 19.2. The number of ether oxygens (including phenoxy) is 2. The Bertz CT molecular complexity index is 148. The Kier molecular flexibility index (Phi) is 1.74. The van der Waals surface area contributed by atoms with Gasteiger partial charge in [0.25, 0.3) is 6.36 Å². The standard InChI is InChI=1S/C5H6F2O3/c1-2(6)3-4(7)10-5(8)9-3/h2-4H,1H3. The molecule has 0 aromatic heterocycles. The van der Waals surface area contributed by atoms with Crippen molar-refractivity contribution < 1.29 is 23.0 Å². The molecule has 3 unspecified atom stereocenters. The summed E-state index contributed by atoms with van der Waals surface area (Å²) in [6.07, 6.45) is -6.05. The van der Waals surface area contributed by atoms with Gasteiger partial charge in [0.15, 0.2) is 0 Å². The van der Waals surface area contributed by atoms with Gasteiger partial charge in [-0.05, 0) is 6.92 Å². The van der Waals surface area contributed by atoms with Gasteiger partial charge in [0.05, 0.1) is 0 Å². The fourth-order valence-electron chi connectivity index (χ4n) is 0.654. The van der Waals surface area contributed by atoms with Crippen molar-refractivity contribution in [1.82, 2.24) is 0 Å². The number of carbonyl (C=O) groups is 1. The van der Waals surface area contributed by atoms with Gasteiger partial charge in [-0.1, -0.05) is 0 Å². The van der Waals surface area contributed by atoms with Gasteiger partial charge in [-0.15, -0.1) is 0 Å². The highest BCUT2D eigenvalue weighted by molar-refractivity contribution is 5.62. The van der Waals surface area contributed by atoms with Crippen LogP contribution in [0.2, 0.25) is 0 Å². The molecule has 1 rings (SSSR count). The minimum absolute atomic E-state index is 1.10. The van der Waals surface area contributed by atoms with Gasteiger partial charge in [0.1, 0.15) is 6.17 Å². The molecule has 1 saturated heterocycles. The molecule has 0 radical (unpaired) electrons. The summed E-state index contributed by atoms with van der Waals surface area (Å²) < 4.78 is 32.5. The predicted molar refractivity (Wildman–Crippen MR) is 26.8 cm³/mol. The van der Waals surface area contributed by atoms with E-state index < -0.39 is 24.8 Å². The van der Waals surface area contributed by atoms with Crippen LogP contribution >= 0.6 is 0 Å². The Morgan fingerprint density at radius 1 is 1.60 bits per heavy atom. The van der Waals surface area contributed by atoms with Gasteiger partial charge in [-0.3, -0.25) is 0 Å². The molecular formula is C5H6F2O3. The maximum absolute atomic E-state index is 12.3. The minimum atomic E-state index is -1.97. The summed E-state index contributed by atoms with van der Waals surface area (Å²) in [4.78, 5) is 10.1. The zero-order valence-corrected chi connectivity index (χ0v) is 5.21. The molecular weight excluding hydrogens is 146 g/mol. The van der Waals surface area contributed by atoms with Gasteiger partial charge in [-0.2, -0.15) is 4.39 Å². The highest BCUT2D eigenvalue weighted by Gasteiger charge is 2.40. The Balaban J connectivity index is 2.54. The van der Waals surface area contributed by atoms with E-state index in [-0.39, 0.29) is 0 Å². The van der Waals surface area contributed by atoms with Crippen LogP contribution in [0.5, 0.6) is 0 Å². The van der Waals surface area contributed by atoms with Gasteiger partial charge in [-0.25, -0.2) is 9.18 Å². The molecule has 10 heavy (non-hydrogen) atoms. The van der Waals surface area contributed by atoms with Crippen molar-refractivity contribution in [3.63, 3.8) is 0 Å². The van der Waals surface area contributed by atoms with Gasteiger partial charge < -0.3 is 9.47 Å². The zero-order chi connectivity index (χ0) is 7.72. The maximum atomic E-state index is 12.3. The van der Waals surface area contributed by atoms with Gasteiger partial charge in [0, 0.05) is 0 Å². The first-order valence-corrected chi connectivity index (χ1v) is 2.76. The van der Waals surface area contributed by atoms with Crippen molar-refractivity contribution in [3.05, 3.63) is 0 Å². The second-order valence-corrected chi connectivity index (χ2v) is 1.98. The van der Waals surface area contributed by atoms with Crippen molar-refractivity contribution in [2.75, 3.05) is 0 Å². The Morgan fingerprint density at radius 2 is 2.20 bits per heavy atom. The third kappa shape index (κ3) is 1.17. The third-order valence-electron chi connectivity index (χ3n) is 1.15. The number of cyclic esters (lactones) is 2. The summed E-state index contributed by atoms with van der Waals surface area (Å²) in [6, 6.07) is 0. The molecule has 0 bridgehead atoms. The number of alkyl halides is 2. The van der Waals surface area contributed by atoms with E-state index in [9.17, 15) is 13.6 Å². The Labute approximate surface area is 55.9 Å². The van der Waals surface area contributed by atoms with Crippen LogP contribution in [-0.4, -0.2) is 24.8 Å².